The number of phenolic OH excluding ortho intramolecular Hbond substituents is 1. The predicted molar refractivity (Wildman–Crippen MR) is 74.4 cm³/mol. The molecule has 23 heavy (non-hydrogen) atoms. The Morgan fingerprint density at radius 1 is 1.30 bits per heavy atom. The summed E-state index contributed by atoms with van der Waals surface area (Å²) >= 11 is 0. The van der Waals surface area contributed by atoms with Crippen molar-refractivity contribution in [3.63, 3.8) is 0 Å². The number of hydrogen-bond acceptors (Lipinski definition) is 3. The van der Waals surface area contributed by atoms with Crippen molar-refractivity contribution in [3.8, 4) is 5.75 Å². The summed E-state index contributed by atoms with van der Waals surface area (Å²) in [7, 11) is 0. The van der Waals surface area contributed by atoms with Crippen molar-refractivity contribution in [1.29, 1.82) is 0 Å². The van der Waals surface area contributed by atoms with E-state index in [0.717, 1.165) is 6.42 Å². The van der Waals surface area contributed by atoms with Crippen LogP contribution in [0.1, 0.15) is 29.2 Å². The van der Waals surface area contributed by atoms with Crippen LogP contribution in [0.2, 0.25) is 0 Å². The van der Waals surface area contributed by atoms with Gasteiger partial charge < -0.3 is 10.0 Å². The first-order valence-corrected chi connectivity index (χ1v) is 7.14. The van der Waals surface area contributed by atoms with Crippen molar-refractivity contribution in [2.45, 2.75) is 18.9 Å². The van der Waals surface area contributed by atoms with Gasteiger partial charge in [0.15, 0.2) is 17.4 Å². The summed E-state index contributed by atoms with van der Waals surface area (Å²) in [5.74, 6) is -6.88. The van der Waals surface area contributed by atoms with Crippen LogP contribution in [0.3, 0.4) is 0 Å². The molecule has 1 aliphatic rings. The predicted octanol–water partition coefficient (Wildman–Crippen LogP) is 2.48. The molecular weight excluding hydrogens is 311 g/mol. The molecule has 5 nitrogen and oxygen atoms in total. The number of likely N-dealkylation sites (tertiary alicyclic amines) is 1. The first-order chi connectivity index (χ1) is 11.0. The lowest BCUT2D eigenvalue weighted by molar-refractivity contribution is 0.0666. The third-order valence-corrected chi connectivity index (χ3v) is 3.95. The number of nitrogens with zero attached hydrogens (tertiary/aromatic N) is 3. The fourth-order valence-electron chi connectivity index (χ4n) is 2.77. The van der Waals surface area contributed by atoms with E-state index < -0.39 is 34.7 Å². The second-order valence-electron chi connectivity index (χ2n) is 5.42. The summed E-state index contributed by atoms with van der Waals surface area (Å²) in [5.41, 5.74) is -0.678. The average Bonchev–Trinajstić information content (AvgIpc) is 3.10. The minimum atomic E-state index is -1.70. The molecule has 2 aromatic rings. The molecule has 1 fully saturated rings. The molecule has 1 atom stereocenters. The van der Waals surface area contributed by atoms with E-state index in [1.807, 2.05) is 0 Å². The molecule has 2 heterocycles. The van der Waals surface area contributed by atoms with Crippen LogP contribution in [0.25, 0.3) is 0 Å². The minimum Gasteiger partial charge on any atom is -0.503 e. The molecule has 1 unspecified atom stereocenters. The Hall–Kier alpha value is -2.51. The molecule has 1 aromatic heterocycles. The number of amides is 1. The summed E-state index contributed by atoms with van der Waals surface area (Å²) in [6.07, 6.45) is 4.86. The summed E-state index contributed by atoms with van der Waals surface area (Å²) < 4.78 is 42.1. The number of rotatable bonds is 2. The Balaban J connectivity index is 1.86. The molecule has 8 heteroatoms. The van der Waals surface area contributed by atoms with Crippen molar-refractivity contribution < 1.29 is 23.1 Å². The number of aromatic hydroxyl groups is 1. The van der Waals surface area contributed by atoms with E-state index in [9.17, 15) is 23.1 Å². The number of hydrogen-bond donors (Lipinski definition) is 1. The second kappa shape index (κ2) is 5.94. The molecule has 0 radical (unpaired) electrons. The van der Waals surface area contributed by atoms with Crippen LogP contribution < -0.4 is 0 Å². The van der Waals surface area contributed by atoms with Crippen molar-refractivity contribution in [3.05, 3.63) is 47.5 Å². The monoisotopic (exact) mass is 325 g/mol. The van der Waals surface area contributed by atoms with E-state index in [4.69, 9.17) is 0 Å². The molecule has 0 bridgehead atoms. The summed E-state index contributed by atoms with van der Waals surface area (Å²) in [6, 6.07) is 2.17. The van der Waals surface area contributed by atoms with Gasteiger partial charge in [-0.3, -0.25) is 9.48 Å². The third-order valence-electron chi connectivity index (χ3n) is 3.95. The normalized spacial score (nSPS) is 18.2. The van der Waals surface area contributed by atoms with Gasteiger partial charge in [-0.25, -0.2) is 8.78 Å². The van der Waals surface area contributed by atoms with E-state index in [1.165, 1.54) is 4.90 Å². The van der Waals surface area contributed by atoms with Gasteiger partial charge in [0.1, 0.15) is 0 Å². The Bertz CT molecular complexity index is 734. The van der Waals surface area contributed by atoms with Crippen molar-refractivity contribution in [2.24, 2.45) is 0 Å². The smallest absolute Gasteiger partial charge is 0.257 e. The highest BCUT2D eigenvalue weighted by atomic mass is 19.2. The molecule has 3 rings (SSSR count). The Labute approximate surface area is 129 Å². The molecule has 0 aliphatic carbocycles. The third kappa shape index (κ3) is 2.76. The van der Waals surface area contributed by atoms with Gasteiger partial charge in [-0.15, -0.1) is 0 Å². The Morgan fingerprint density at radius 3 is 2.78 bits per heavy atom. The fraction of sp³-hybridized carbons (Fsp3) is 0.333. The second-order valence-corrected chi connectivity index (χ2v) is 5.42. The van der Waals surface area contributed by atoms with Crippen LogP contribution in [0.15, 0.2) is 24.5 Å². The van der Waals surface area contributed by atoms with Crippen LogP contribution in [0.4, 0.5) is 13.2 Å². The first kappa shape index (κ1) is 15.4. The van der Waals surface area contributed by atoms with Crippen LogP contribution in [-0.2, 0) is 0 Å². The molecule has 122 valence electrons. The SMILES string of the molecule is O=C(c1cc(F)c(F)c(O)c1F)N1CCCC(n2cccn2)C1. The molecule has 1 aromatic carbocycles. The fourth-order valence-corrected chi connectivity index (χ4v) is 2.77. The van der Waals surface area contributed by atoms with Crippen molar-refractivity contribution in [2.75, 3.05) is 13.1 Å². The average molecular weight is 325 g/mol. The van der Waals surface area contributed by atoms with Gasteiger partial charge in [0.05, 0.1) is 11.6 Å². The van der Waals surface area contributed by atoms with Crippen LogP contribution in [0, 0.1) is 17.5 Å². The van der Waals surface area contributed by atoms with E-state index in [2.05, 4.69) is 5.10 Å². The molecule has 0 saturated carbocycles. The van der Waals surface area contributed by atoms with Gasteiger partial charge in [-0.2, -0.15) is 9.49 Å². The van der Waals surface area contributed by atoms with Gasteiger partial charge in [0.25, 0.3) is 5.91 Å². The van der Waals surface area contributed by atoms with Crippen molar-refractivity contribution >= 4 is 5.91 Å². The number of carbonyl (C=O) groups is 1. The molecule has 0 spiro atoms. The van der Waals surface area contributed by atoms with Crippen molar-refractivity contribution in [1.82, 2.24) is 14.7 Å². The summed E-state index contributed by atoms with van der Waals surface area (Å²) in [6.45, 7) is 0.648. The summed E-state index contributed by atoms with van der Waals surface area (Å²) in [4.78, 5) is 13.8. The van der Waals surface area contributed by atoms with Crippen LogP contribution in [-0.4, -0.2) is 38.8 Å². The van der Waals surface area contributed by atoms with E-state index in [-0.39, 0.29) is 12.6 Å². The lowest BCUT2D eigenvalue weighted by atomic mass is 10.0. The van der Waals surface area contributed by atoms with E-state index >= 15 is 0 Å². The van der Waals surface area contributed by atoms with Crippen LogP contribution in [0.5, 0.6) is 5.75 Å². The van der Waals surface area contributed by atoms with E-state index in [1.54, 1.807) is 23.1 Å². The highest BCUT2D eigenvalue weighted by molar-refractivity contribution is 5.95. The molecular formula is C15H14F3N3O2. The largest absolute Gasteiger partial charge is 0.503 e. The number of aromatic nitrogens is 2. The molecule has 1 amide bonds. The summed E-state index contributed by atoms with van der Waals surface area (Å²) in [5, 5.41) is 13.4. The highest BCUT2D eigenvalue weighted by Crippen LogP contribution is 2.28. The maximum absolute atomic E-state index is 13.9. The zero-order valence-electron chi connectivity index (χ0n) is 12.0. The number of carbonyl (C=O) groups excluding carboxylic acids is 1. The zero-order chi connectivity index (χ0) is 16.6. The molecule has 1 saturated heterocycles. The number of halogens is 3. The van der Waals surface area contributed by atoms with Gasteiger partial charge >= 0.3 is 0 Å². The topological polar surface area (TPSA) is 58.4 Å². The molecule has 1 aliphatic heterocycles. The molecule has 1 N–H and O–H groups in total. The highest BCUT2D eigenvalue weighted by Gasteiger charge is 2.30. The maximum Gasteiger partial charge on any atom is 0.257 e. The minimum absolute atomic E-state index is 0.0651. The van der Waals surface area contributed by atoms with Gasteiger partial charge in [0, 0.05) is 25.5 Å². The lowest BCUT2D eigenvalue weighted by Gasteiger charge is -2.33. The zero-order valence-corrected chi connectivity index (χ0v) is 12.0. The number of piperidine rings is 1. The van der Waals surface area contributed by atoms with Gasteiger partial charge in [0.2, 0.25) is 5.82 Å². The number of phenols is 1. The Kier molecular flexibility index (Phi) is 3.97. The van der Waals surface area contributed by atoms with Gasteiger partial charge in [-0.1, -0.05) is 0 Å². The maximum atomic E-state index is 13.9. The number of benzene rings is 1. The van der Waals surface area contributed by atoms with Crippen LogP contribution >= 0.6 is 0 Å². The quantitative estimate of drug-likeness (QED) is 0.863. The lowest BCUT2D eigenvalue weighted by Crippen LogP contribution is -2.41. The van der Waals surface area contributed by atoms with E-state index in [0.29, 0.717) is 19.0 Å². The van der Waals surface area contributed by atoms with Gasteiger partial charge in [-0.05, 0) is 25.0 Å². The Morgan fingerprint density at radius 2 is 2.09 bits per heavy atom. The first-order valence-electron chi connectivity index (χ1n) is 7.14. The standard InChI is InChI=1S/C15H14F3N3O2/c16-11-7-10(12(17)14(22)13(11)18)15(23)20-5-1-3-9(8-20)21-6-2-4-19-21/h2,4,6-7,9,22H,1,3,5,8H2.